The number of hydrogen-bond acceptors (Lipinski definition) is 3. The van der Waals surface area contributed by atoms with Gasteiger partial charge in [0.05, 0.1) is 11.4 Å². The fraction of sp³-hybridized carbons (Fsp3) is 0.467. The maximum Gasteiger partial charge on any atom is 0.229 e. The second-order valence-electron chi connectivity index (χ2n) is 5.69. The SMILES string of the molecule is CC(C)(C)C(=O)Nc1ccccc1NC(=O)CCCN. The van der Waals surface area contributed by atoms with E-state index in [2.05, 4.69) is 10.6 Å². The largest absolute Gasteiger partial charge is 0.330 e. The van der Waals surface area contributed by atoms with E-state index in [0.29, 0.717) is 30.8 Å². The monoisotopic (exact) mass is 277 g/mol. The van der Waals surface area contributed by atoms with E-state index in [1.54, 1.807) is 12.1 Å². The molecule has 5 heteroatoms. The van der Waals surface area contributed by atoms with Crippen molar-refractivity contribution in [2.45, 2.75) is 33.6 Å². The Labute approximate surface area is 119 Å². The van der Waals surface area contributed by atoms with E-state index >= 15 is 0 Å². The average molecular weight is 277 g/mol. The van der Waals surface area contributed by atoms with E-state index in [0.717, 1.165) is 0 Å². The summed E-state index contributed by atoms with van der Waals surface area (Å²) >= 11 is 0. The van der Waals surface area contributed by atoms with Crippen molar-refractivity contribution in [3.05, 3.63) is 24.3 Å². The van der Waals surface area contributed by atoms with E-state index in [9.17, 15) is 9.59 Å². The van der Waals surface area contributed by atoms with Crippen molar-refractivity contribution >= 4 is 23.2 Å². The van der Waals surface area contributed by atoms with Crippen LogP contribution in [-0.2, 0) is 9.59 Å². The minimum absolute atomic E-state index is 0.0962. The first-order chi connectivity index (χ1) is 9.34. The van der Waals surface area contributed by atoms with Gasteiger partial charge < -0.3 is 16.4 Å². The van der Waals surface area contributed by atoms with Crippen molar-refractivity contribution in [3.8, 4) is 0 Å². The van der Waals surface area contributed by atoms with Crippen LogP contribution in [0, 0.1) is 5.41 Å². The van der Waals surface area contributed by atoms with E-state index in [1.807, 2.05) is 32.9 Å². The van der Waals surface area contributed by atoms with E-state index in [1.165, 1.54) is 0 Å². The van der Waals surface area contributed by atoms with E-state index in [-0.39, 0.29) is 11.8 Å². The van der Waals surface area contributed by atoms with Gasteiger partial charge in [0.2, 0.25) is 11.8 Å². The zero-order chi connectivity index (χ0) is 15.2. The number of nitrogens with two attached hydrogens (primary N) is 1. The molecule has 0 unspecified atom stereocenters. The molecule has 0 aromatic heterocycles. The van der Waals surface area contributed by atoms with Crippen LogP contribution < -0.4 is 16.4 Å². The number of anilines is 2. The third kappa shape index (κ3) is 5.01. The number of amides is 2. The summed E-state index contributed by atoms with van der Waals surface area (Å²) in [6.07, 6.45) is 1.01. The van der Waals surface area contributed by atoms with Crippen molar-refractivity contribution < 1.29 is 9.59 Å². The number of carbonyl (C=O) groups is 2. The molecular formula is C15H23N3O2. The molecule has 0 saturated carbocycles. The fourth-order valence-electron chi connectivity index (χ4n) is 1.49. The number of benzene rings is 1. The molecule has 0 fully saturated rings. The molecule has 0 aliphatic rings. The molecule has 0 heterocycles. The summed E-state index contributed by atoms with van der Waals surface area (Å²) in [6, 6.07) is 7.15. The van der Waals surface area contributed by atoms with Crippen LogP contribution in [0.3, 0.4) is 0 Å². The zero-order valence-corrected chi connectivity index (χ0v) is 12.3. The maximum absolute atomic E-state index is 12.0. The zero-order valence-electron chi connectivity index (χ0n) is 12.3. The van der Waals surface area contributed by atoms with Gasteiger partial charge in [-0.05, 0) is 25.1 Å². The van der Waals surface area contributed by atoms with Crippen LogP contribution in [0.2, 0.25) is 0 Å². The predicted molar refractivity (Wildman–Crippen MR) is 81.4 cm³/mol. The number of para-hydroxylation sites is 2. The molecule has 0 bridgehead atoms. The Bertz CT molecular complexity index is 478. The molecule has 20 heavy (non-hydrogen) atoms. The normalized spacial score (nSPS) is 11.0. The molecule has 1 rings (SSSR count). The molecule has 0 aliphatic carbocycles. The molecule has 4 N–H and O–H groups in total. The Morgan fingerprint density at radius 2 is 1.65 bits per heavy atom. The number of hydrogen-bond donors (Lipinski definition) is 3. The minimum atomic E-state index is -0.489. The van der Waals surface area contributed by atoms with Gasteiger partial charge >= 0.3 is 0 Å². The van der Waals surface area contributed by atoms with Crippen molar-refractivity contribution in [2.24, 2.45) is 11.1 Å². The van der Waals surface area contributed by atoms with Crippen LogP contribution in [-0.4, -0.2) is 18.4 Å². The first kappa shape index (κ1) is 16.2. The molecule has 0 atom stereocenters. The number of nitrogens with one attached hydrogen (secondary N) is 2. The highest BCUT2D eigenvalue weighted by atomic mass is 16.2. The van der Waals surface area contributed by atoms with Crippen LogP contribution >= 0.6 is 0 Å². The summed E-state index contributed by atoms with van der Waals surface area (Å²) in [7, 11) is 0. The molecule has 1 aromatic carbocycles. The van der Waals surface area contributed by atoms with Crippen molar-refractivity contribution in [3.63, 3.8) is 0 Å². The highest BCUT2D eigenvalue weighted by molar-refractivity contribution is 6.01. The van der Waals surface area contributed by atoms with Gasteiger partial charge in [-0.2, -0.15) is 0 Å². The molecule has 0 aliphatic heterocycles. The molecule has 110 valence electrons. The lowest BCUT2D eigenvalue weighted by molar-refractivity contribution is -0.123. The Kier molecular flexibility index (Phi) is 5.70. The Balaban J connectivity index is 2.78. The van der Waals surface area contributed by atoms with Gasteiger partial charge in [0.15, 0.2) is 0 Å². The molecule has 5 nitrogen and oxygen atoms in total. The summed E-state index contributed by atoms with van der Waals surface area (Å²) in [4.78, 5) is 23.7. The van der Waals surface area contributed by atoms with Crippen LogP contribution in [0.15, 0.2) is 24.3 Å². The van der Waals surface area contributed by atoms with Gasteiger partial charge in [-0.25, -0.2) is 0 Å². The molecule has 0 radical (unpaired) electrons. The van der Waals surface area contributed by atoms with Gasteiger partial charge in [0.1, 0.15) is 0 Å². The lowest BCUT2D eigenvalue weighted by atomic mass is 9.95. The smallest absolute Gasteiger partial charge is 0.229 e. The summed E-state index contributed by atoms with van der Waals surface area (Å²) in [5.74, 6) is -0.200. The van der Waals surface area contributed by atoms with Crippen molar-refractivity contribution in [2.75, 3.05) is 17.2 Å². The summed E-state index contributed by atoms with van der Waals surface area (Å²) < 4.78 is 0. The fourth-order valence-corrected chi connectivity index (χ4v) is 1.49. The second kappa shape index (κ2) is 7.05. The Hall–Kier alpha value is -1.88. The third-order valence-corrected chi connectivity index (χ3v) is 2.74. The standard InChI is InChI=1S/C15H23N3O2/c1-15(2,3)14(20)18-12-8-5-4-7-11(12)17-13(19)9-6-10-16/h4-5,7-8H,6,9-10,16H2,1-3H3,(H,17,19)(H,18,20). The topological polar surface area (TPSA) is 84.2 Å². The second-order valence-corrected chi connectivity index (χ2v) is 5.69. The van der Waals surface area contributed by atoms with Crippen LogP contribution in [0.1, 0.15) is 33.6 Å². The number of rotatable bonds is 5. The maximum atomic E-state index is 12.0. The lowest BCUT2D eigenvalue weighted by Crippen LogP contribution is -2.28. The molecular weight excluding hydrogens is 254 g/mol. The predicted octanol–water partition coefficient (Wildman–Crippen LogP) is 2.35. The average Bonchev–Trinajstić information content (AvgIpc) is 2.37. The lowest BCUT2D eigenvalue weighted by Gasteiger charge is -2.19. The molecule has 1 aromatic rings. The first-order valence-electron chi connectivity index (χ1n) is 6.75. The summed E-state index contributed by atoms with van der Waals surface area (Å²) in [5.41, 5.74) is 6.10. The van der Waals surface area contributed by atoms with Crippen LogP contribution in [0.4, 0.5) is 11.4 Å². The summed E-state index contributed by atoms with van der Waals surface area (Å²) in [5, 5.41) is 5.63. The van der Waals surface area contributed by atoms with Crippen LogP contribution in [0.5, 0.6) is 0 Å². The minimum Gasteiger partial charge on any atom is -0.330 e. The third-order valence-electron chi connectivity index (χ3n) is 2.74. The molecule has 0 spiro atoms. The van der Waals surface area contributed by atoms with Gasteiger partial charge in [0, 0.05) is 11.8 Å². The quantitative estimate of drug-likeness (QED) is 0.772. The number of carbonyl (C=O) groups excluding carboxylic acids is 2. The van der Waals surface area contributed by atoms with Gasteiger partial charge in [-0.1, -0.05) is 32.9 Å². The first-order valence-corrected chi connectivity index (χ1v) is 6.75. The highest BCUT2D eigenvalue weighted by Gasteiger charge is 2.22. The van der Waals surface area contributed by atoms with E-state index < -0.39 is 5.41 Å². The van der Waals surface area contributed by atoms with Crippen molar-refractivity contribution in [1.82, 2.24) is 0 Å². The van der Waals surface area contributed by atoms with Gasteiger partial charge in [-0.15, -0.1) is 0 Å². The van der Waals surface area contributed by atoms with Crippen LogP contribution in [0.25, 0.3) is 0 Å². The summed E-state index contributed by atoms with van der Waals surface area (Å²) in [6.45, 7) is 6.00. The Morgan fingerprint density at radius 3 is 2.15 bits per heavy atom. The Morgan fingerprint density at radius 1 is 1.10 bits per heavy atom. The van der Waals surface area contributed by atoms with Crippen molar-refractivity contribution in [1.29, 1.82) is 0 Å². The van der Waals surface area contributed by atoms with Gasteiger partial charge in [0.25, 0.3) is 0 Å². The molecule has 0 saturated heterocycles. The van der Waals surface area contributed by atoms with E-state index in [4.69, 9.17) is 5.73 Å². The van der Waals surface area contributed by atoms with Gasteiger partial charge in [-0.3, -0.25) is 9.59 Å². The molecule has 2 amide bonds. The highest BCUT2D eigenvalue weighted by Crippen LogP contribution is 2.24.